The molecule has 0 aliphatic carbocycles. The van der Waals surface area contributed by atoms with Gasteiger partial charge in [-0.2, -0.15) is 0 Å². The Morgan fingerprint density at radius 3 is 2.52 bits per heavy atom. The van der Waals surface area contributed by atoms with E-state index in [1.54, 1.807) is 12.3 Å². The second-order valence-corrected chi connectivity index (χ2v) is 8.95. The maximum atomic E-state index is 15.2. The van der Waals surface area contributed by atoms with Crippen molar-refractivity contribution < 1.29 is 9.13 Å². The molecule has 2 atom stereocenters. The number of rotatable bonds is 4. The Hall–Kier alpha value is -3.16. The number of nitrogens with zero attached hydrogens (tertiary/aromatic N) is 5. The highest BCUT2D eigenvalue weighted by Crippen LogP contribution is 2.26. The van der Waals surface area contributed by atoms with Crippen LogP contribution in [0.3, 0.4) is 0 Å². The van der Waals surface area contributed by atoms with Crippen molar-refractivity contribution in [2.24, 2.45) is 0 Å². The van der Waals surface area contributed by atoms with Crippen molar-refractivity contribution in [1.82, 2.24) is 24.4 Å². The molecule has 0 unspecified atom stereocenters. The third-order valence-corrected chi connectivity index (χ3v) is 6.05. The zero-order chi connectivity index (χ0) is 23.1. The minimum absolute atomic E-state index is 0.153. The van der Waals surface area contributed by atoms with Crippen molar-refractivity contribution in [2.45, 2.75) is 46.4 Å². The molecule has 0 radical (unpaired) electrons. The molecule has 0 amide bonds. The number of hydrogen-bond donors (Lipinski definition) is 0. The molecular weight excluding hydrogens is 417 g/mol. The summed E-state index contributed by atoms with van der Waals surface area (Å²) in [7, 11) is 0. The van der Waals surface area contributed by atoms with Crippen LogP contribution in [0.15, 0.2) is 48.7 Å². The number of pyridine rings is 2. The van der Waals surface area contributed by atoms with Gasteiger partial charge in [-0.15, -0.1) is 0 Å². The van der Waals surface area contributed by atoms with Crippen LogP contribution in [-0.2, 0) is 11.3 Å². The van der Waals surface area contributed by atoms with Crippen LogP contribution in [-0.4, -0.2) is 49.7 Å². The van der Waals surface area contributed by atoms with Gasteiger partial charge >= 0.3 is 0 Å². The smallest absolute Gasteiger partial charge is 0.165 e. The number of imidazole rings is 1. The standard InChI is InChI=1S/C26H28FN5O/c1-16-11-20(9-10-28-16)24-7-8-25-26(30-24)32(19(4)29-25)22-6-5-21(23(27)12-22)15-31-13-17(2)33-18(3)14-31/h5-12,17-18H,13-15H2,1-4H3/t17-,18-/m0/s1. The first-order valence-electron chi connectivity index (χ1n) is 11.3. The normalized spacial score (nSPS) is 19.3. The molecule has 1 aliphatic heterocycles. The van der Waals surface area contributed by atoms with E-state index in [-0.39, 0.29) is 18.0 Å². The van der Waals surface area contributed by atoms with Gasteiger partial charge in [-0.1, -0.05) is 6.07 Å². The summed E-state index contributed by atoms with van der Waals surface area (Å²) in [5, 5.41) is 0. The van der Waals surface area contributed by atoms with Crippen LogP contribution in [0.4, 0.5) is 4.39 Å². The van der Waals surface area contributed by atoms with Crippen LogP contribution < -0.4 is 0 Å². The topological polar surface area (TPSA) is 56.1 Å². The molecule has 4 aromatic rings. The molecule has 5 rings (SSSR count). The van der Waals surface area contributed by atoms with Crippen LogP contribution in [0.25, 0.3) is 28.1 Å². The van der Waals surface area contributed by atoms with E-state index in [2.05, 4.69) is 28.7 Å². The van der Waals surface area contributed by atoms with Gasteiger partial charge in [-0.3, -0.25) is 14.5 Å². The monoisotopic (exact) mass is 445 g/mol. The van der Waals surface area contributed by atoms with Gasteiger partial charge in [0.25, 0.3) is 0 Å². The Balaban J connectivity index is 1.49. The highest BCUT2D eigenvalue weighted by atomic mass is 19.1. The van der Waals surface area contributed by atoms with Crippen molar-refractivity contribution in [3.05, 3.63) is 71.6 Å². The quantitative estimate of drug-likeness (QED) is 0.450. The molecule has 0 N–H and O–H groups in total. The van der Waals surface area contributed by atoms with E-state index >= 15 is 4.39 Å². The molecule has 3 aromatic heterocycles. The zero-order valence-corrected chi connectivity index (χ0v) is 19.4. The highest BCUT2D eigenvalue weighted by molar-refractivity contribution is 5.78. The lowest BCUT2D eigenvalue weighted by atomic mass is 10.1. The number of morpholine rings is 1. The van der Waals surface area contributed by atoms with Gasteiger partial charge < -0.3 is 4.74 Å². The molecule has 0 spiro atoms. The second-order valence-electron chi connectivity index (χ2n) is 8.95. The molecule has 4 heterocycles. The van der Waals surface area contributed by atoms with E-state index in [0.717, 1.165) is 47.1 Å². The van der Waals surface area contributed by atoms with Crippen LogP contribution in [0.5, 0.6) is 0 Å². The lowest BCUT2D eigenvalue weighted by molar-refractivity contribution is -0.0707. The van der Waals surface area contributed by atoms with Gasteiger partial charge in [0.2, 0.25) is 0 Å². The largest absolute Gasteiger partial charge is 0.373 e. The summed E-state index contributed by atoms with van der Waals surface area (Å²) in [4.78, 5) is 16.0. The predicted molar refractivity (Wildman–Crippen MR) is 127 cm³/mol. The van der Waals surface area contributed by atoms with Gasteiger partial charge in [0.15, 0.2) is 5.65 Å². The molecule has 7 heteroatoms. The zero-order valence-electron chi connectivity index (χ0n) is 19.4. The van der Waals surface area contributed by atoms with Crippen LogP contribution in [0.1, 0.15) is 30.9 Å². The third-order valence-electron chi connectivity index (χ3n) is 6.05. The van der Waals surface area contributed by atoms with Gasteiger partial charge in [-0.25, -0.2) is 14.4 Å². The first kappa shape index (κ1) is 21.7. The predicted octanol–water partition coefficient (Wildman–Crippen LogP) is 4.85. The summed E-state index contributed by atoms with van der Waals surface area (Å²) >= 11 is 0. The Labute approximate surface area is 193 Å². The van der Waals surface area contributed by atoms with Crippen molar-refractivity contribution >= 4 is 11.2 Å². The lowest BCUT2D eigenvalue weighted by Gasteiger charge is -2.35. The lowest BCUT2D eigenvalue weighted by Crippen LogP contribution is -2.44. The average Bonchev–Trinajstić information content (AvgIpc) is 3.09. The average molecular weight is 446 g/mol. The van der Waals surface area contributed by atoms with Gasteiger partial charge in [0.05, 0.1) is 23.6 Å². The Bertz CT molecular complexity index is 1310. The summed E-state index contributed by atoms with van der Waals surface area (Å²) in [5.41, 5.74) is 5.65. The van der Waals surface area contributed by atoms with Crippen molar-refractivity contribution in [3.8, 4) is 16.9 Å². The van der Waals surface area contributed by atoms with E-state index in [4.69, 9.17) is 9.72 Å². The highest BCUT2D eigenvalue weighted by Gasteiger charge is 2.23. The van der Waals surface area contributed by atoms with E-state index < -0.39 is 0 Å². The minimum atomic E-state index is -0.221. The number of benzene rings is 1. The maximum Gasteiger partial charge on any atom is 0.165 e. The fourth-order valence-corrected chi connectivity index (χ4v) is 4.70. The van der Waals surface area contributed by atoms with Gasteiger partial charge in [0.1, 0.15) is 17.2 Å². The first-order chi connectivity index (χ1) is 15.9. The number of aryl methyl sites for hydroxylation is 2. The molecule has 6 nitrogen and oxygen atoms in total. The van der Waals surface area contributed by atoms with E-state index in [1.165, 1.54) is 0 Å². The SMILES string of the molecule is Cc1cc(-c2ccc3nc(C)n(-c4ccc(CN5C[C@H](C)O[C@@H](C)C5)c(F)c4)c3n2)ccn1. The fraction of sp³-hybridized carbons (Fsp3) is 0.346. The van der Waals surface area contributed by atoms with Gasteiger partial charge in [0, 0.05) is 42.7 Å². The van der Waals surface area contributed by atoms with E-state index in [0.29, 0.717) is 17.8 Å². The Morgan fingerprint density at radius 1 is 1.00 bits per heavy atom. The summed E-state index contributed by atoms with van der Waals surface area (Å²) in [5.74, 6) is 0.546. The van der Waals surface area contributed by atoms with E-state index in [9.17, 15) is 0 Å². The summed E-state index contributed by atoms with van der Waals surface area (Å²) < 4.78 is 22.9. The Kier molecular flexibility index (Phi) is 5.68. The molecule has 0 bridgehead atoms. The molecular formula is C26H28FN5O. The van der Waals surface area contributed by atoms with E-state index in [1.807, 2.05) is 54.8 Å². The van der Waals surface area contributed by atoms with Crippen molar-refractivity contribution in [1.29, 1.82) is 0 Å². The van der Waals surface area contributed by atoms with Crippen LogP contribution >= 0.6 is 0 Å². The molecule has 1 fully saturated rings. The molecule has 1 aliphatic rings. The van der Waals surface area contributed by atoms with Gasteiger partial charge in [-0.05, 0) is 64.1 Å². The Morgan fingerprint density at radius 2 is 1.79 bits per heavy atom. The number of fused-ring (bicyclic) bond motifs is 1. The van der Waals surface area contributed by atoms with Crippen molar-refractivity contribution in [2.75, 3.05) is 13.1 Å². The maximum absolute atomic E-state index is 15.2. The fourth-order valence-electron chi connectivity index (χ4n) is 4.70. The second kappa shape index (κ2) is 8.65. The number of halogens is 1. The molecule has 1 saturated heterocycles. The van der Waals surface area contributed by atoms with Crippen molar-refractivity contribution in [3.63, 3.8) is 0 Å². The first-order valence-corrected chi connectivity index (χ1v) is 11.3. The molecule has 0 saturated carbocycles. The molecule has 170 valence electrons. The number of hydrogen-bond acceptors (Lipinski definition) is 5. The molecule has 1 aromatic carbocycles. The van der Waals surface area contributed by atoms with Crippen LogP contribution in [0.2, 0.25) is 0 Å². The van der Waals surface area contributed by atoms with Crippen LogP contribution in [0, 0.1) is 19.7 Å². The minimum Gasteiger partial charge on any atom is -0.373 e. The third kappa shape index (κ3) is 4.38. The molecule has 33 heavy (non-hydrogen) atoms. The summed E-state index contributed by atoms with van der Waals surface area (Å²) in [6.07, 6.45) is 2.09. The number of aromatic nitrogens is 4. The summed E-state index contributed by atoms with van der Waals surface area (Å²) in [6, 6.07) is 13.3. The number of ether oxygens (including phenoxy) is 1. The summed E-state index contributed by atoms with van der Waals surface area (Å²) in [6.45, 7) is 10.2.